The van der Waals surface area contributed by atoms with Crippen molar-refractivity contribution in [2.24, 2.45) is 29.6 Å². The van der Waals surface area contributed by atoms with Crippen LogP contribution in [0.15, 0.2) is 0 Å². The Morgan fingerprint density at radius 1 is 1.00 bits per heavy atom. The molecule has 0 radical (unpaired) electrons. The molecule has 0 amide bonds. The van der Waals surface area contributed by atoms with Crippen LogP contribution in [0.1, 0.15) is 58.8 Å². The Labute approximate surface area is 110 Å². The Balaban J connectivity index is 1.57. The van der Waals surface area contributed by atoms with E-state index in [0.29, 0.717) is 11.8 Å². The number of hydrogen-bond acceptors (Lipinski definition) is 2. The van der Waals surface area contributed by atoms with Gasteiger partial charge >= 0.3 is 5.97 Å². The molecule has 0 aromatic carbocycles. The number of esters is 1. The third-order valence-corrected chi connectivity index (χ3v) is 6.03. The first kappa shape index (κ1) is 12.5. The van der Waals surface area contributed by atoms with Gasteiger partial charge in [0.25, 0.3) is 0 Å². The molecule has 0 N–H and O–H groups in total. The lowest BCUT2D eigenvalue weighted by molar-refractivity contribution is -0.158. The van der Waals surface area contributed by atoms with Gasteiger partial charge in [-0.05, 0) is 62.2 Å². The zero-order valence-corrected chi connectivity index (χ0v) is 11.7. The predicted molar refractivity (Wildman–Crippen MR) is 71.0 cm³/mol. The fourth-order valence-electron chi connectivity index (χ4n) is 4.65. The second-order valence-corrected chi connectivity index (χ2v) is 6.92. The summed E-state index contributed by atoms with van der Waals surface area (Å²) in [6.45, 7) is 4.69. The summed E-state index contributed by atoms with van der Waals surface area (Å²) >= 11 is 0. The normalized spacial score (nSPS) is 44.2. The fraction of sp³-hybridized carbons (Fsp3) is 0.938. The summed E-state index contributed by atoms with van der Waals surface area (Å²) in [5.74, 6) is 3.28. The molecule has 3 aliphatic carbocycles. The van der Waals surface area contributed by atoms with Gasteiger partial charge in [0.05, 0.1) is 5.92 Å². The molecule has 18 heavy (non-hydrogen) atoms. The van der Waals surface area contributed by atoms with Crippen molar-refractivity contribution >= 4 is 5.97 Å². The molecule has 102 valence electrons. The van der Waals surface area contributed by atoms with Crippen molar-refractivity contribution < 1.29 is 9.53 Å². The first-order valence-electron chi connectivity index (χ1n) is 7.87. The highest BCUT2D eigenvalue weighted by Gasteiger charge is 2.51. The van der Waals surface area contributed by atoms with Crippen LogP contribution in [-0.4, -0.2) is 12.1 Å². The first-order chi connectivity index (χ1) is 8.66. The molecule has 2 nitrogen and oxygen atoms in total. The average Bonchev–Trinajstić information content (AvgIpc) is 2.92. The van der Waals surface area contributed by atoms with Crippen molar-refractivity contribution in [1.82, 2.24) is 0 Å². The number of carbonyl (C=O) groups excluding carboxylic acids is 1. The second-order valence-electron chi connectivity index (χ2n) is 6.92. The van der Waals surface area contributed by atoms with Gasteiger partial charge in [-0.25, -0.2) is 0 Å². The largest absolute Gasteiger partial charge is 0.462 e. The van der Waals surface area contributed by atoms with Crippen LogP contribution in [0.4, 0.5) is 0 Å². The number of hydrogen-bond donors (Lipinski definition) is 0. The number of fused-ring (bicyclic) bond motifs is 2. The van der Waals surface area contributed by atoms with Crippen LogP contribution in [-0.2, 0) is 9.53 Å². The molecular formula is C16H26O2. The van der Waals surface area contributed by atoms with Crippen molar-refractivity contribution in [2.45, 2.75) is 64.9 Å². The van der Waals surface area contributed by atoms with Crippen LogP contribution in [0.3, 0.4) is 0 Å². The highest BCUT2D eigenvalue weighted by molar-refractivity contribution is 5.73. The molecule has 3 fully saturated rings. The minimum Gasteiger partial charge on any atom is -0.462 e. The van der Waals surface area contributed by atoms with E-state index >= 15 is 0 Å². The van der Waals surface area contributed by atoms with Gasteiger partial charge in [0.1, 0.15) is 6.10 Å². The molecule has 0 saturated heterocycles. The number of ether oxygens (including phenoxy) is 1. The molecule has 3 saturated carbocycles. The molecule has 0 spiro atoms. The summed E-state index contributed by atoms with van der Waals surface area (Å²) < 4.78 is 5.77. The van der Waals surface area contributed by atoms with E-state index in [2.05, 4.69) is 13.8 Å². The lowest BCUT2D eigenvalue weighted by atomic mass is 9.76. The molecule has 3 aliphatic rings. The molecule has 5 unspecified atom stereocenters. The topological polar surface area (TPSA) is 26.3 Å². The summed E-state index contributed by atoms with van der Waals surface area (Å²) in [7, 11) is 0. The van der Waals surface area contributed by atoms with Crippen LogP contribution in [0.25, 0.3) is 0 Å². The Morgan fingerprint density at radius 3 is 2.33 bits per heavy atom. The van der Waals surface area contributed by atoms with Crippen molar-refractivity contribution in [3.05, 3.63) is 0 Å². The lowest BCUT2D eigenvalue weighted by Gasteiger charge is -2.32. The van der Waals surface area contributed by atoms with Crippen molar-refractivity contribution in [1.29, 1.82) is 0 Å². The standard InChI is InChI=1S/C16H26O2/c1-10-11(2)14-8-12(10)9-15(14)16(17)18-13-6-4-3-5-7-13/h10-15H,3-9H2,1-2H3. The quantitative estimate of drug-likeness (QED) is 0.697. The molecule has 0 aromatic heterocycles. The molecule has 2 bridgehead atoms. The van der Waals surface area contributed by atoms with E-state index in [9.17, 15) is 4.79 Å². The number of carbonyl (C=O) groups is 1. The average molecular weight is 250 g/mol. The Morgan fingerprint density at radius 2 is 1.72 bits per heavy atom. The van der Waals surface area contributed by atoms with Crippen molar-refractivity contribution in [3.63, 3.8) is 0 Å². The van der Waals surface area contributed by atoms with Crippen molar-refractivity contribution in [3.8, 4) is 0 Å². The maximum absolute atomic E-state index is 12.3. The van der Waals surface area contributed by atoms with E-state index in [0.717, 1.165) is 31.1 Å². The van der Waals surface area contributed by atoms with E-state index in [4.69, 9.17) is 4.74 Å². The third-order valence-electron chi connectivity index (χ3n) is 6.03. The zero-order valence-electron chi connectivity index (χ0n) is 11.7. The Bertz CT molecular complexity index is 317. The van der Waals surface area contributed by atoms with Crippen LogP contribution < -0.4 is 0 Å². The minimum atomic E-state index is 0.133. The van der Waals surface area contributed by atoms with E-state index in [1.807, 2.05) is 0 Å². The lowest BCUT2D eigenvalue weighted by Crippen LogP contribution is -2.33. The summed E-state index contributed by atoms with van der Waals surface area (Å²) in [5, 5.41) is 0. The zero-order chi connectivity index (χ0) is 12.7. The highest BCUT2D eigenvalue weighted by atomic mass is 16.5. The fourth-order valence-corrected chi connectivity index (χ4v) is 4.65. The maximum Gasteiger partial charge on any atom is 0.309 e. The first-order valence-corrected chi connectivity index (χ1v) is 7.87. The smallest absolute Gasteiger partial charge is 0.309 e. The van der Waals surface area contributed by atoms with Gasteiger partial charge in [-0.1, -0.05) is 20.3 Å². The van der Waals surface area contributed by atoms with E-state index in [1.165, 1.54) is 25.7 Å². The number of rotatable bonds is 2. The van der Waals surface area contributed by atoms with Gasteiger partial charge in [-0.3, -0.25) is 4.79 Å². The molecule has 5 atom stereocenters. The van der Waals surface area contributed by atoms with Crippen LogP contribution in [0.2, 0.25) is 0 Å². The maximum atomic E-state index is 12.3. The molecule has 0 aliphatic heterocycles. The molecule has 0 heterocycles. The second kappa shape index (κ2) is 4.86. The molecule has 3 rings (SSSR count). The summed E-state index contributed by atoms with van der Waals surface area (Å²) in [6, 6.07) is 0. The predicted octanol–water partition coefficient (Wildman–Crippen LogP) is 3.79. The Kier molecular flexibility index (Phi) is 3.38. The monoisotopic (exact) mass is 250 g/mol. The molecule has 2 heteroatoms. The van der Waals surface area contributed by atoms with Gasteiger partial charge in [0.2, 0.25) is 0 Å². The van der Waals surface area contributed by atoms with Gasteiger partial charge in [-0.2, -0.15) is 0 Å². The van der Waals surface area contributed by atoms with Gasteiger partial charge < -0.3 is 4.74 Å². The summed E-state index contributed by atoms with van der Waals surface area (Å²) in [4.78, 5) is 12.3. The van der Waals surface area contributed by atoms with Crippen molar-refractivity contribution in [2.75, 3.05) is 0 Å². The SMILES string of the molecule is CC1C2CC(C(=O)OC3CCCCC3)C(C2)C1C. The van der Waals surface area contributed by atoms with Crippen LogP contribution >= 0.6 is 0 Å². The third kappa shape index (κ3) is 2.08. The summed E-state index contributed by atoms with van der Waals surface area (Å²) in [6.07, 6.45) is 8.59. The van der Waals surface area contributed by atoms with Gasteiger partial charge in [0.15, 0.2) is 0 Å². The molecule has 0 aromatic rings. The van der Waals surface area contributed by atoms with E-state index in [-0.39, 0.29) is 18.0 Å². The minimum absolute atomic E-state index is 0.133. The van der Waals surface area contributed by atoms with E-state index < -0.39 is 0 Å². The van der Waals surface area contributed by atoms with Gasteiger partial charge in [0, 0.05) is 0 Å². The van der Waals surface area contributed by atoms with Gasteiger partial charge in [-0.15, -0.1) is 0 Å². The van der Waals surface area contributed by atoms with Crippen LogP contribution in [0.5, 0.6) is 0 Å². The van der Waals surface area contributed by atoms with Crippen LogP contribution in [0, 0.1) is 29.6 Å². The Hall–Kier alpha value is -0.530. The van der Waals surface area contributed by atoms with E-state index in [1.54, 1.807) is 0 Å². The molecular weight excluding hydrogens is 224 g/mol. The summed E-state index contributed by atoms with van der Waals surface area (Å²) in [5.41, 5.74) is 0. The highest BCUT2D eigenvalue weighted by Crippen LogP contribution is 2.55.